The van der Waals surface area contributed by atoms with Crippen LogP contribution in [0.2, 0.25) is 0 Å². The van der Waals surface area contributed by atoms with E-state index in [9.17, 15) is 9.59 Å². The highest BCUT2D eigenvalue weighted by molar-refractivity contribution is 5.92. The first-order chi connectivity index (χ1) is 9.55. The van der Waals surface area contributed by atoms with Crippen molar-refractivity contribution < 1.29 is 14.3 Å². The molecule has 0 atom stereocenters. The summed E-state index contributed by atoms with van der Waals surface area (Å²) in [7, 11) is 3.13. The highest BCUT2D eigenvalue weighted by atomic mass is 16.5. The van der Waals surface area contributed by atoms with Gasteiger partial charge in [0, 0.05) is 18.8 Å². The van der Waals surface area contributed by atoms with Gasteiger partial charge in [-0.2, -0.15) is 0 Å². The Kier molecular flexibility index (Phi) is 6.69. The quantitative estimate of drug-likeness (QED) is 0.713. The number of amides is 1. The van der Waals surface area contributed by atoms with E-state index >= 15 is 0 Å². The fourth-order valence-corrected chi connectivity index (χ4v) is 1.63. The lowest BCUT2D eigenvalue weighted by Gasteiger charge is -2.15. The summed E-state index contributed by atoms with van der Waals surface area (Å²) in [4.78, 5) is 24.6. The third-order valence-corrected chi connectivity index (χ3v) is 2.81. The van der Waals surface area contributed by atoms with Crippen molar-refractivity contribution in [3.05, 3.63) is 29.8 Å². The number of rotatable bonds is 7. The summed E-state index contributed by atoms with van der Waals surface area (Å²) in [6.07, 6.45) is 0.269. The van der Waals surface area contributed by atoms with E-state index in [1.165, 1.54) is 7.11 Å². The predicted octanol–water partition coefficient (Wildman–Crippen LogP) is 0.579. The fourth-order valence-electron chi connectivity index (χ4n) is 1.63. The average Bonchev–Trinajstić information content (AvgIpc) is 2.45. The van der Waals surface area contributed by atoms with Crippen molar-refractivity contribution in [1.29, 1.82) is 0 Å². The molecule has 110 valence electrons. The van der Waals surface area contributed by atoms with Crippen molar-refractivity contribution in [2.45, 2.75) is 13.0 Å². The van der Waals surface area contributed by atoms with Crippen LogP contribution in [0.3, 0.4) is 0 Å². The van der Waals surface area contributed by atoms with Crippen LogP contribution in [0.4, 0.5) is 5.69 Å². The molecule has 3 N–H and O–H groups in total. The number of benzene rings is 1. The van der Waals surface area contributed by atoms with Gasteiger partial charge in [0.2, 0.25) is 5.91 Å². The number of hydrogen-bond donors (Lipinski definition) is 2. The van der Waals surface area contributed by atoms with Gasteiger partial charge in [0.1, 0.15) is 0 Å². The summed E-state index contributed by atoms with van der Waals surface area (Å²) in [6, 6.07) is 7.37. The summed E-state index contributed by atoms with van der Waals surface area (Å²) in [5.74, 6) is -0.410. The molecule has 20 heavy (non-hydrogen) atoms. The van der Waals surface area contributed by atoms with E-state index in [0.717, 1.165) is 11.3 Å². The third-order valence-electron chi connectivity index (χ3n) is 2.81. The van der Waals surface area contributed by atoms with E-state index in [0.29, 0.717) is 13.1 Å². The number of nitrogens with zero attached hydrogens (tertiary/aromatic N) is 1. The number of ether oxygens (including phenoxy) is 1. The molecule has 0 saturated heterocycles. The Bertz CT molecular complexity index is 445. The first-order valence-corrected chi connectivity index (χ1v) is 6.39. The molecule has 0 heterocycles. The molecular formula is C14H21N3O3. The summed E-state index contributed by atoms with van der Waals surface area (Å²) >= 11 is 0. The van der Waals surface area contributed by atoms with Crippen LogP contribution in [0, 0.1) is 0 Å². The molecule has 0 saturated carbocycles. The van der Waals surface area contributed by atoms with E-state index in [2.05, 4.69) is 10.1 Å². The van der Waals surface area contributed by atoms with Crippen LogP contribution < -0.4 is 11.1 Å². The van der Waals surface area contributed by atoms with E-state index in [1.54, 1.807) is 11.9 Å². The van der Waals surface area contributed by atoms with Gasteiger partial charge in [0.25, 0.3) is 0 Å². The lowest BCUT2D eigenvalue weighted by Crippen LogP contribution is -2.31. The molecule has 1 rings (SSSR count). The van der Waals surface area contributed by atoms with Crippen molar-refractivity contribution in [2.24, 2.45) is 5.73 Å². The zero-order valence-electron chi connectivity index (χ0n) is 11.9. The highest BCUT2D eigenvalue weighted by Crippen LogP contribution is 2.08. The number of carbonyl (C=O) groups is 2. The molecule has 0 spiro atoms. The van der Waals surface area contributed by atoms with Crippen LogP contribution in [0.5, 0.6) is 0 Å². The Morgan fingerprint density at radius 1 is 1.30 bits per heavy atom. The van der Waals surface area contributed by atoms with Gasteiger partial charge in [0.05, 0.1) is 20.1 Å². The Hall–Kier alpha value is -1.92. The summed E-state index contributed by atoms with van der Waals surface area (Å²) in [6.45, 7) is 1.17. The van der Waals surface area contributed by atoms with Crippen LogP contribution in [-0.2, 0) is 20.9 Å². The molecular weight excluding hydrogens is 258 g/mol. The van der Waals surface area contributed by atoms with Gasteiger partial charge in [0.15, 0.2) is 0 Å². The minimum atomic E-state index is -0.283. The van der Waals surface area contributed by atoms with Crippen molar-refractivity contribution in [3.63, 3.8) is 0 Å². The van der Waals surface area contributed by atoms with Gasteiger partial charge >= 0.3 is 5.97 Å². The Morgan fingerprint density at radius 3 is 2.50 bits per heavy atom. The molecule has 6 nitrogen and oxygen atoms in total. The number of methoxy groups -OCH3 is 1. The maximum absolute atomic E-state index is 11.8. The van der Waals surface area contributed by atoms with E-state index in [1.807, 2.05) is 24.3 Å². The van der Waals surface area contributed by atoms with Crippen molar-refractivity contribution in [1.82, 2.24) is 4.90 Å². The first kappa shape index (κ1) is 16.1. The largest absolute Gasteiger partial charge is 0.469 e. The van der Waals surface area contributed by atoms with Gasteiger partial charge in [-0.3, -0.25) is 14.5 Å². The van der Waals surface area contributed by atoms with Gasteiger partial charge in [-0.25, -0.2) is 0 Å². The maximum Gasteiger partial charge on any atom is 0.306 e. The number of likely N-dealkylation sites (N-methyl/N-ethyl adjacent to an activating group) is 1. The molecule has 0 unspecified atom stereocenters. The average molecular weight is 279 g/mol. The smallest absolute Gasteiger partial charge is 0.306 e. The Labute approximate surface area is 118 Å². The second kappa shape index (κ2) is 8.29. The minimum absolute atomic E-state index is 0.127. The van der Waals surface area contributed by atoms with Crippen LogP contribution in [0.1, 0.15) is 12.0 Å². The van der Waals surface area contributed by atoms with Crippen LogP contribution in [0.15, 0.2) is 24.3 Å². The summed E-state index contributed by atoms with van der Waals surface area (Å²) in [5.41, 5.74) is 7.25. The molecule has 1 amide bonds. The number of esters is 1. The van der Waals surface area contributed by atoms with E-state index in [4.69, 9.17) is 5.73 Å². The second-order valence-electron chi connectivity index (χ2n) is 4.51. The predicted molar refractivity (Wildman–Crippen MR) is 77.1 cm³/mol. The van der Waals surface area contributed by atoms with Gasteiger partial charge in [-0.1, -0.05) is 12.1 Å². The molecule has 0 fully saturated rings. The van der Waals surface area contributed by atoms with Crippen molar-refractivity contribution in [3.8, 4) is 0 Å². The van der Waals surface area contributed by atoms with Gasteiger partial charge in [-0.15, -0.1) is 0 Å². The lowest BCUT2D eigenvalue weighted by atomic mass is 10.2. The molecule has 0 aromatic heterocycles. The fraction of sp³-hybridized carbons (Fsp3) is 0.429. The molecule has 1 aromatic rings. The molecule has 0 aliphatic rings. The van der Waals surface area contributed by atoms with Crippen molar-refractivity contribution >= 4 is 17.6 Å². The molecule has 6 heteroatoms. The van der Waals surface area contributed by atoms with Crippen LogP contribution >= 0.6 is 0 Å². The van der Waals surface area contributed by atoms with E-state index in [-0.39, 0.29) is 24.8 Å². The Morgan fingerprint density at radius 2 is 1.95 bits per heavy atom. The van der Waals surface area contributed by atoms with Crippen LogP contribution in [0.25, 0.3) is 0 Å². The first-order valence-electron chi connectivity index (χ1n) is 6.39. The SMILES string of the molecule is COC(=O)CCN(C)CC(=O)Nc1ccc(CN)cc1. The normalized spacial score (nSPS) is 10.4. The minimum Gasteiger partial charge on any atom is -0.469 e. The maximum atomic E-state index is 11.8. The van der Waals surface area contributed by atoms with E-state index < -0.39 is 0 Å². The number of carbonyl (C=O) groups excluding carboxylic acids is 2. The number of nitrogens with two attached hydrogens (primary N) is 1. The molecule has 0 aliphatic carbocycles. The number of anilines is 1. The Balaban J connectivity index is 2.36. The topological polar surface area (TPSA) is 84.7 Å². The second-order valence-corrected chi connectivity index (χ2v) is 4.51. The summed E-state index contributed by atoms with van der Waals surface area (Å²) in [5, 5.41) is 2.79. The lowest BCUT2D eigenvalue weighted by molar-refractivity contribution is -0.141. The summed E-state index contributed by atoms with van der Waals surface area (Å²) < 4.78 is 4.55. The molecule has 0 bridgehead atoms. The molecule has 0 aliphatic heterocycles. The standard InChI is InChI=1S/C14H21N3O3/c1-17(8-7-14(19)20-2)10-13(18)16-12-5-3-11(9-15)4-6-12/h3-6H,7-10,15H2,1-2H3,(H,16,18). The highest BCUT2D eigenvalue weighted by Gasteiger charge is 2.09. The third kappa shape index (κ3) is 5.81. The van der Waals surface area contributed by atoms with Crippen LogP contribution in [-0.4, -0.2) is 44.0 Å². The van der Waals surface area contributed by atoms with Gasteiger partial charge in [-0.05, 0) is 24.7 Å². The van der Waals surface area contributed by atoms with Crippen molar-refractivity contribution in [2.75, 3.05) is 32.6 Å². The monoisotopic (exact) mass is 279 g/mol. The number of hydrogen-bond acceptors (Lipinski definition) is 5. The zero-order valence-corrected chi connectivity index (χ0v) is 11.9. The molecule has 0 radical (unpaired) electrons. The number of nitrogens with one attached hydrogen (secondary N) is 1. The van der Waals surface area contributed by atoms with Gasteiger partial charge < -0.3 is 15.8 Å². The zero-order chi connectivity index (χ0) is 15.0. The molecule has 1 aromatic carbocycles.